The number of amides is 2. The molecule has 1 atom stereocenters. The fourth-order valence-electron chi connectivity index (χ4n) is 4.08. The van der Waals surface area contributed by atoms with Crippen LogP contribution in [0.4, 0.5) is 0 Å². The molecule has 2 heterocycles. The average molecular weight is 543 g/mol. The summed E-state index contributed by atoms with van der Waals surface area (Å²) in [4.78, 5) is 29.1. The van der Waals surface area contributed by atoms with Gasteiger partial charge in [0.2, 0.25) is 11.8 Å². The number of nitrogens with zero attached hydrogens (tertiary/aromatic N) is 3. The lowest BCUT2D eigenvalue weighted by Crippen LogP contribution is -2.61. The summed E-state index contributed by atoms with van der Waals surface area (Å²) in [6.07, 6.45) is 1.57. The van der Waals surface area contributed by atoms with Gasteiger partial charge in [0, 0.05) is 41.7 Å². The summed E-state index contributed by atoms with van der Waals surface area (Å²) in [6.45, 7) is 3.57. The third-order valence-electron chi connectivity index (χ3n) is 5.77. The number of fused-ring (bicyclic) bond motifs is 1. The third-order valence-corrected chi connectivity index (χ3v) is 8.54. The molecule has 11 heteroatoms. The van der Waals surface area contributed by atoms with Crippen LogP contribution in [0.2, 0.25) is 15.1 Å². The molecule has 0 radical (unpaired) electrons. The number of rotatable bonds is 5. The van der Waals surface area contributed by atoms with E-state index in [1.54, 1.807) is 24.3 Å². The van der Waals surface area contributed by atoms with Crippen molar-refractivity contribution in [3.63, 3.8) is 0 Å². The van der Waals surface area contributed by atoms with Gasteiger partial charge in [0.1, 0.15) is 16.8 Å². The standard InChI is InChI=1S/C23H22Cl3N3O4S/c1-14(2)27-13-21-28(34(32,33)20-8-7-17(25)12-18(20)26)10-9-22(30)29(21)19(23(27)31)11-15-3-5-16(24)6-4-15/h3-8,12-14,19H,9-11H2,1-2H3. The minimum absolute atomic E-state index is 0.0261. The van der Waals surface area contributed by atoms with Crippen molar-refractivity contribution in [1.82, 2.24) is 14.1 Å². The highest BCUT2D eigenvalue weighted by molar-refractivity contribution is 7.89. The topological polar surface area (TPSA) is 78.0 Å². The molecule has 0 spiro atoms. The number of halogens is 3. The first-order chi connectivity index (χ1) is 16.0. The Bertz CT molecular complexity index is 1280. The summed E-state index contributed by atoms with van der Waals surface area (Å²) in [5, 5.41) is 0.826. The molecule has 1 saturated heterocycles. The Hall–Kier alpha value is -2.26. The lowest BCUT2D eigenvalue weighted by molar-refractivity contribution is -0.148. The van der Waals surface area contributed by atoms with Crippen molar-refractivity contribution < 1.29 is 18.0 Å². The molecular weight excluding hydrogens is 521 g/mol. The summed E-state index contributed by atoms with van der Waals surface area (Å²) in [5.74, 6) is -0.490. The minimum atomic E-state index is -4.15. The van der Waals surface area contributed by atoms with E-state index in [4.69, 9.17) is 34.8 Å². The van der Waals surface area contributed by atoms with Gasteiger partial charge >= 0.3 is 0 Å². The van der Waals surface area contributed by atoms with Crippen LogP contribution in [-0.4, -0.2) is 53.0 Å². The van der Waals surface area contributed by atoms with E-state index in [0.717, 1.165) is 9.87 Å². The van der Waals surface area contributed by atoms with Crippen molar-refractivity contribution >= 4 is 56.6 Å². The third kappa shape index (κ3) is 4.52. The quantitative estimate of drug-likeness (QED) is 0.556. The van der Waals surface area contributed by atoms with Crippen molar-refractivity contribution in [1.29, 1.82) is 0 Å². The zero-order valence-electron chi connectivity index (χ0n) is 18.4. The van der Waals surface area contributed by atoms with Crippen LogP contribution in [0.15, 0.2) is 59.4 Å². The molecule has 0 bridgehead atoms. The molecule has 34 heavy (non-hydrogen) atoms. The second-order valence-corrected chi connectivity index (χ2v) is 11.4. The van der Waals surface area contributed by atoms with E-state index in [1.165, 1.54) is 34.2 Å². The Balaban J connectivity index is 1.81. The molecule has 2 amide bonds. The Kier molecular flexibility index (Phi) is 6.88. The van der Waals surface area contributed by atoms with Crippen LogP contribution in [-0.2, 0) is 26.0 Å². The van der Waals surface area contributed by atoms with Gasteiger partial charge in [0.25, 0.3) is 10.0 Å². The fraction of sp³-hybridized carbons (Fsp3) is 0.304. The zero-order valence-corrected chi connectivity index (χ0v) is 21.5. The normalized spacial score (nSPS) is 18.9. The van der Waals surface area contributed by atoms with E-state index in [-0.39, 0.29) is 53.0 Å². The number of hydrogen-bond acceptors (Lipinski definition) is 4. The number of sulfonamides is 1. The monoisotopic (exact) mass is 541 g/mol. The Morgan fingerprint density at radius 1 is 1.00 bits per heavy atom. The van der Waals surface area contributed by atoms with Gasteiger partial charge in [-0.25, -0.2) is 12.7 Å². The number of carbonyl (C=O) groups excluding carboxylic acids is 2. The van der Waals surface area contributed by atoms with E-state index in [9.17, 15) is 18.0 Å². The molecular formula is C23H22Cl3N3O4S. The molecule has 0 aromatic heterocycles. The Morgan fingerprint density at radius 2 is 1.65 bits per heavy atom. The molecule has 0 saturated carbocycles. The van der Waals surface area contributed by atoms with Gasteiger partial charge in [-0.3, -0.25) is 14.5 Å². The van der Waals surface area contributed by atoms with Crippen LogP contribution in [0.1, 0.15) is 25.8 Å². The second-order valence-electron chi connectivity index (χ2n) is 8.34. The molecule has 2 aromatic rings. The van der Waals surface area contributed by atoms with Crippen LogP contribution in [0.5, 0.6) is 0 Å². The molecule has 1 unspecified atom stereocenters. The minimum Gasteiger partial charge on any atom is -0.311 e. The highest BCUT2D eigenvalue weighted by atomic mass is 35.5. The molecule has 1 fully saturated rings. The molecule has 0 aliphatic carbocycles. The first-order valence-corrected chi connectivity index (χ1v) is 13.2. The molecule has 2 aromatic carbocycles. The number of benzene rings is 2. The van der Waals surface area contributed by atoms with Crippen LogP contribution < -0.4 is 0 Å². The first kappa shape index (κ1) is 24.9. The van der Waals surface area contributed by atoms with Crippen LogP contribution in [0.3, 0.4) is 0 Å². The average Bonchev–Trinajstić information content (AvgIpc) is 2.76. The number of hydrogen-bond donors (Lipinski definition) is 0. The van der Waals surface area contributed by atoms with Gasteiger partial charge in [0.15, 0.2) is 0 Å². The van der Waals surface area contributed by atoms with Gasteiger partial charge in [-0.2, -0.15) is 0 Å². The second kappa shape index (κ2) is 9.41. The van der Waals surface area contributed by atoms with Crippen LogP contribution in [0.25, 0.3) is 0 Å². The highest BCUT2D eigenvalue weighted by Crippen LogP contribution is 2.36. The van der Waals surface area contributed by atoms with Gasteiger partial charge in [-0.05, 0) is 49.7 Å². The van der Waals surface area contributed by atoms with E-state index in [2.05, 4.69) is 0 Å². The molecule has 2 aliphatic heterocycles. The number of carbonyl (C=O) groups is 2. The lowest BCUT2D eigenvalue weighted by Gasteiger charge is -2.47. The van der Waals surface area contributed by atoms with Gasteiger partial charge in [-0.1, -0.05) is 46.9 Å². The van der Waals surface area contributed by atoms with E-state index in [0.29, 0.717) is 10.0 Å². The SMILES string of the molecule is CC(C)N1C=C2N(C(=O)CCN2S(=O)(=O)c2ccc(Cl)cc2Cl)C(Cc2ccc(Cl)cc2)C1=O. The smallest absolute Gasteiger partial charge is 0.266 e. The van der Waals surface area contributed by atoms with E-state index >= 15 is 0 Å². The summed E-state index contributed by atoms with van der Waals surface area (Å²) >= 11 is 18.2. The molecule has 0 N–H and O–H groups in total. The Morgan fingerprint density at radius 3 is 2.26 bits per heavy atom. The van der Waals surface area contributed by atoms with Crippen molar-refractivity contribution in [2.75, 3.05) is 6.54 Å². The molecule has 2 aliphatic rings. The van der Waals surface area contributed by atoms with Crippen molar-refractivity contribution in [3.05, 3.63) is 75.1 Å². The van der Waals surface area contributed by atoms with Crippen molar-refractivity contribution in [3.8, 4) is 0 Å². The largest absolute Gasteiger partial charge is 0.311 e. The predicted molar refractivity (Wildman–Crippen MR) is 131 cm³/mol. The maximum Gasteiger partial charge on any atom is 0.266 e. The summed E-state index contributed by atoms with van der Waals surface area (Å²) in [7, 11) is -4.15. The lowest BCUT2D eigenvalue weighted by atomic mass is 10.00. The van der Waals surface area contributed by atoms with Crippen LogP contribution in [0, 0.1) is 0 Å². The molecule has 180 valence electrons. The molecule has 7 nitrogen and oxygen atoms in total. The fourth-order valence-corrected chi connectivity index (χ4v) is 6.41. The van der Waals surface area contributed by atoms with Crippen LogP contribution >= 0.6 is 34.8 Å². The van der Waals surface area contributed by atoms with Gasteiger partial charge < -0.3 is 4.90 Å². The van der Waals surface area contributed by atoms with E-state index in [1.807, 2.05) is 13.8 Å². The van der Waals surface area contributed by atoms with E-state index < -0.39 is 16.1 Å². The van der Waals surface area contributed by atoms with Gasteiger partial charge in [0.05, 0.1) is 5.02 Å². The van der Waals surface area contributed by atoms with Crippen molar-refractivity contribution in [2.45, 2.75) is 43.7 Å². The summed E-state index contributed by atoms with van der Waals surface area (Å²) < 4.78 is 28.4. The Labute approximate surface area is 213 Å². The maximum atomic E-state index is 13.6. The van der Waals surface area contributed by atoms with Crippen molar-refractivity contribution in [2.24, 2.45) is 0 Å². The van der Waals surface area contributed by atoms with Gasteiger partial charge in [-0.15, -0.1) is 0 Å². The maximum absolute atomic E-state index is 13.6. The highest BCUT2D eigenvalue weighted by Gasteiger charge is 2.47. The first-order valence-electron chi connectivity index (χ1n) is 10.6. The summed E-state index contributed by atoms with van der Waals surface area (Å²) in [6, 6.07) is 9.94. The summed E-state index contributed by atoms with van der Waals surface area (Å²) in [5.41, 5.74) is 0.793. The molecule has 4 rings (SSSR count). The zero-order chi connectivity index (χ0) is 24.8. The predicted octanol–water partition coefficient (Wildman–Crippen LogP) is 4.53.